The van der Waals surface area contributed by atoms with Gasteiger partial charge < -0.3 is 27.6 Å². The summed E-state index contributed by atoms with van der Waals surface area (Å²) in [6.45, 7) is 13.1. The quantitative estimate of drug-likeness (QED) is 0.0250. The lowest BCUT2D eigenvalue weighted by Crippen LogP contribution is -2.36. The second-order valence-corrected chi connectivity index (χ2v) is 25.0. The van der Waals surface area contributed by atoms with Crippen LogP contribution in [-0.2, 0) is 50.8 Å². The van der Waals surface area contributed by atoms with Crippen molar-refractivity contribution < 1.29 is 64.8 Å². The molecule has 8 rings (SSSR count). The first kappa shape index (κ1) is 62.3. The smallest absolute Gasteiger partial charge is 0.403 e. The van der Waals surface area contributed by atoms with Gasteiger partial charge in [0, 0.05) is 36.8 Å². The van der Waals surface area contributed by atoms with Crippen molar-refractivity contribution in [3.63, 3.8) is 0 Å². The number of phosphoric ester groups is 2. The first-order chi connectivity index (χ1) is 38.9. The van der Waals surface area contributed by atoms with Gasteiger partial charge in [-0.15, -0.1) is 0 Å². The fourth-order valence-electron chi connectivity index (χ4n) is 8.47. The van der Waals surface area contributed by atoms with E-state index in [0.717, 1.165) is 0 Å². The maximum absolute atomic E-state index is 15.7. The highest BCUT2D eigenvalue weighted by Crippen LogP contribution is 2.56. The fourth-order valence-corrected chi connectivity index (χ4v) is 12.9. The zero-order valence-corrected chi connectivity index (χ0v) is 49.7. The highest BCUT2D eigenvalue weighted by molar-refractivity contribution is 7.49. The number of carbonyl (C=O) groups is 2. The topological polar surface area (TPSA) is 350 Å². The van der Waals surface area contributed by atoms with Crippen LogP contribution in [-0.4, -0.2) is 117 Å². The number of nitriles is 1. The highest BCUT2D eigenvalue weighted by Gasteiger charge is 2.48. The van der Waals surface area contributed by atoms with Gasteiger partial charge >= 0.3 is 15.6 Å². The number of hydrogen-bond donors (Lipinski definition) is 5. The van der Waals surface area contributed by atoms with E-state index in [9.17, 15) is 33.9 Å². The Bertz CT molecular complexity index is 3510. The molecule has 4 aromatic heterocycles. The van der Waals surface area contributed by atoms with Crippen LogP contribution < -0.4 is 30.8 Å². The van der Waals surface area contributed by atoms with Crippen LogP contribution in [0.4, 0.5) is 11.9 Å². The molecule has 2 saturated heterocycles. The Morgan fingerprint density at radius 2 is 1.26 bits per heavy atom. The monoisotopic (exact) mass is 1240 g/mol. The minimum Gasteiger partial charge on any atom is -0.403 e. The molecule has 5 N–H and O–H groups in total. The molecule has 0 aliphatic carbocycles. The summed E-state index contributed by atoms with van der Waals surface area (Å²) in [4.78, 5) is 85.5. The zero-order chi connectivity index (χ0) is 59.2. The molecule has 2 fully saturated rings. The van der Waals surface area contributed by atoms with Gasteiger partial charge in [0.25, 0.3) is 19.6 Å². The molecule has 2 amide bonds. The van der Waals surface area contributed by atoms with Crippen LogP contribution in [0.25, 0.3) is 22.3 Å². The van der Waals surface area contributed by atoms with E-state index in [0.29, 0.717) is 0 Å². The Balaban J connectivity index is 1.15. The Morgan fingerprint density at radius 1 is 0.780 bits per heavy atom. The average Bonchev–Trinajstić information content (AvgIpc) is 3.68. The predicted molar refractivity (Wildman–Crippen MR) is 299 cm³/mol. The first-order valence-electron chi connectivity index (χ1n) is 25.8. The molecule has 2 aliphatic rings. The number of carbonyl (C=O) groups excluding carboxylic acids is 2. The molecule has 442 valence electrons. The van der Waals surface area contributed by atoms with E-state index in [2.05, 4.69) is 46.6 Å². The maximum atomic E-state index is 15.7. The number of amides is 2. The number of hydrogen-bond acceptors (Lipinski definition) is 21. The second-order valence-electron chi connectivity index (χ2n) is 19.9. The highest BCUT2D eigenvalue weighted by atomic mass is 35.5. The number of phosphoric acid groups is 2. The van der Waals surface area contributed by atoms with Crippen molar-refractivity contribution in [2.45, 2.75) is 124 Å². The molecule has 2 aliphatic heterocycles. The average molecular weight is 1240 g/mol. The zero-order valence-electron chi connectivity index (χ0n) is 45.5. The molecule has 0 spiro atoms. The van der Waals surface area contributed by atoms with Crippen LogP contribution in [0.1, 0.15) is 87.1 Å². The first-order valence-corrected chi connectivity index (χ1v) is 30.7. The molecule has 3 unspecified atom stereocenters. The summed E-state index contributed by atoms with van der Waals surface area (Å²) in [5.41, 5.74) is -1.59. The van der Waals surface area contributed by atoms with Gasteiger partial charge in [-0.25, -0.2) is 23.8 Å². The molecule has 33 heteroatoms. The van der Waals surface area contributed by atoms with Crippen LogP contribution in [0, 0.1) is 23.2 Å². The van der Waals surface area contributed by atoms with E-state index in [-0.39, 0.29) is 93.7 Å². The molecule has 0 radical (unpaired) electrons. The molecule has 82 heavy (non-hydrogen) atoms. The Labute approximate surface area is 480 Å². The van der Waals surface area contributed by atoms with Crippen LogP contribution in [0.3, 0.4) is 0 Å². The van der Waals surface area contributed by atoms with E-state index in [4.69, 9.17) is 64.3 Å². The molecule has 0 saturated carbocycles. The third-order valence-corrected chi connectivity index (χ3v) is 17.5. The number of aromatic nitrogens is 8. The third kappa shape index (κ3) is 15.1. The van der Waals surface area contributed by atoms with Crippen molar-refractivity contribution in [2.75, 3.05) is 30.5 Å². The van der Waals surface area contributed by atoms with E-state index in [1.165, 1.54) is 52.1 Å². The number of rotatable bonds is 26. The summed E-state index contributed by atoms with van der Waals surface area (Å²) in [6, 6.07) is 13.7. The van der Waals surface area contributed by atoms with Crippen molar-refractivity contribution in [3.8, 4) is 17.6 Å². The van der Waals surface area contributed by atoms with Gasteiger partial charge in [-0.3, -0.25) is 67.4 Å². The summed E-state index contributed by atoms with van der Waals surface area (Å²) >= 11 is 12.8. The van der Waals surface area contributed by atoms with E-state index in [1.807, 2.05) is 32.4 Å². The van der Waals surface area contributed by atoms with Crippen molar-refractivity contribution >= 4 is 93.4 Å². The number of aromatic amines is 2. The Morgan fingerprint density at radius 3 is 1.74 bits per heavy atom. The lowest BCUT2D eigenvalue weighted by atomic mass is 10.2. The van der Waals surface area contributed by atoms with Crippen LogP contribution >= 0.6 is 47.4 Å². The summed E-state index contributed by atoms with van der Waals surface area (Å²) in [5.74, 6) is -2.44. The van der Waals surface area contributed by atoms with Gasteiger partial charge in [0.1, 0.15) is 42.3 Å². The van der Waals surface area contributed by atoms with Crippen LogP contribution in [0.2, 0.25) is 10.0 Å². The van der Waals surface area contributed by atoms with Gasteiger partial charge in [-0.05, 0) is 52.0 Å². The van der Waals surface area contributed by atoms with Gasteiger partial charge in [-0.1, -0.05) is 75.2 Å². The largest absolute Gasteiger partial charge is 0.530 e. The number of benzene rings is 2. The number of anilines is 2. The lowest BCUT2D eigenvalue weighted by Gasteiger charge is -2.37. The number of ether oxygens (including phenoxy) is 2. The number of halogens is 2. The van der Waals surface area contributed by atoms with Gasteiger partial charge in [0.15, 0.2) is 22.3 Å². The van der Waals surface area contributed by atoms with Crippen LogP contribution in [0.5, 0.6) is 11.5 Å². The lowest BCUT2D eigenvalue weighted by molar-refractivity contribution is -0.119. The molecule has 2 aromatic carbocycles. The van der Waals surface area contributed by atoms with Crippen molar-refractivity contribution in [1.82, 2.24) is 43.7 Å². The molecular weight excluding hydrogens is 1180 g/mol. The number of imidazole rings is 2. The standard InChI is InChI=1S/C49H61Cl2N12O16P3/c1-26(2)44(64)57-48-55-42-40(46(66)59-48)53-24-61(42)38-20-34(76-80(71-19-13-18-52)63(28(5)6)29(7)8)36(74-38)23-73-82(70,78-33-17-12-10-15-31(33)51)79-35-21-39(75-37(35)22-72-81(68,69)77-32-16-11-9-14-30(32)50)62-25-54-41-43(62)56-49(60-47(41)67)58-45(65)27(3)4/h9-12,14-17,24-29,34-39H,13,19-23H2,1-8H3,(H,68,69)(H2,55,57,59,64,66)(H2,56,58,60,65,67)/t34-,35-,36+,37+,38+,39+,80?,82?/m0/s1. The SMILES string of the molecule is CC(C)C(=O)Nc1nc2c(ncn2[C@H]2C[C@H](OP(OCCC#N)N(C(C)C)C(C)C)[C@@H](COP(=O)(Oc3ccccc3Cl)O[C@H]3C[C@H](n4cnc5c(=O)[nH]c(NC(=O)C(C)C)nc54)O[C@@H]3COP(=O)(O)Oc3ccccc3Cl)O2)c(=O)[nH]1. The second kappa shape index (κ2) is 26.9. The number of fused-ring (bicyclic) bond motifs is 2. The Kier molecular flexibility index (Phi) is 20.4. The fraction of sp³-hybridized carbons (Fsp3) is 0.490. The minimum absolute atomic E-state index is 0.00373. The van der Waals surface area contributed by atoms with Crippen molar-refractivity contribution in [3.05, 3.63) is 91.9 Å². The summed E-state index contributed by atoms with van der Waals surface area (Å²) in [5, 5.41) is 14.6. The molecule has 9 atom stereocenters. The van der Waals surface area contributed by atoms with Crippen LogP contribution in [0.15, 0.2) is 70.8 Å². The van der Waals surface area contributed by atoms with Crippen molar-refractivity contribution in [2.24, 2.45) is 11.8 Å². The summed E-state index contributed by atoms with van der Waals surface area (Å²) in [6.07, 6.45) is -4.89. The predicted octanol–water partition coefficient (Wildman–Crippen LogP) is 8.77. The number of para-hydroxylation sites is 2. The molecule has 28 nitrogen and oxygen atoms in total. The summed E-state index contributed by atoms with van der Waals surface area (Å²) < 4.78 is 89.8. The van der Waals surface area contributed by atoms with Gasteiger partial charge in [0.05, 0.1) is 61.1 Å². The van der Waals surface area contributed by atoms with Gasteiger partial charge in [0.2, 0.25) is 23.7 Å². The molecular formula is C49H61Cl2N12O16P3. The molecule has 0 bridgehead atoms. The number of H-pyrrole nitrogens is 2. The maximum Gasteiger partial charge on any atom is 0.530 e. The third-order valence-electron chi connectivity index (χ3n) is 12.4. The van der Waals surface area contributed by atoms with E-state index < -0.39 is 109 Å². The van der Waals surface area contributed by atoms with E-state index >= 15 is 4.57 Å². The van der Waals surface area contributed by atoms with Gasteiger partial charge in [-0.2, -0.15) is 15.2 Å². The normalized spacial score (nSPS) is 21.1. The minimum atomic E-state index is -5.08. The molecule has 6 aromatic rings. The Hall–Kier alpha value is -5.72. The van der Waals surface area contributed by atoms with E-state index in [1.54, 1.807) is 45.9 Å². The summed E-state index contributed by atoms with van der Waals surface area (Å²) in [7, 11) is -12.1. The molecule has 6 heterocycles. The van der Waals surface area contributed by atoms with Crippen molar-refractivity contribution in [1.29, 1.82) is 5.26 Å². The number of nitrogens with zero attached hydrogens (tertiary/aromatic N) is 8. The number of nitrogens with one attached hydrogen (secondary N) is 4.